The first-order valence-corrected chi connectivity index (χ1v) is 8.53. The monoisotopic (exact) mass is 514 g/mol. The van der Waals surface area contributed by atoms with Crippen molar-refractivity contribution in [1.82, 2.24) is 0 Å². The fourth-order valence-corrected chi connectivity index (χ4v) is 2.81. The van der Waals surface area contributed by atoms with Crippen molar-refractivity contribution in [2.45, 2.75) is 24.6 Å². The van der Waals surface area contributed by atoms with Crippen molar-refractivity contribution in [1.29, 1.82) is 0 Å². The lowest BCUT2D eigenvalue weighted by Crippen LogP contribution is -2.50. The van der Waals surface area contributed by atoms with Crippen LogP contribution >= 0.6 is 11.6 Å². The lowest BCUT2D eigenvalue weighted by molar-refractivity contribution is -0.348. The molecule has 5 nitrogen and oxygen atoms in total. The second-order valence-corrected chi connectivity index (χ2v) is 6.50. The molecule has 16 heteroatoms. The molecule has 0 atom stereocenters. The maximum absolute atomic E-state index is 14.3. The van der Waals surface area contributed by atoms with Crippen molar-refractivity contribution in [3.05, 3.63) is 52.3 Å². The third-order valence-corrected chi connectivity index (χ3v) is 4.35. The molecule has 2 rings (SSSR count). The molecule has 1 amide bonds. The molecule has 0 aliphatic heterocycles. The predicted octanol–water partition coefficient (Wildman–Crippen LogP) is 6.42. The largest absolute Gasteiger partial charge is 0.435 e. The van der Waals surface area contributed by atoms with E-state index in [1.165, 1.54) is 5.48 Å². The smallest absolute Gasteiger partial charge is 0.433 e. The number of hydrogen-bond donors (Lipinski definition) is 3. The summed E-state index contributed by atoms with van der Waals surface area (Å²) in [5, 5.41) is 9.19. The molecule has 0 radical (unpaired) electrons. The Bertz CT molecular complexity index is 1030. The molecule has 0 unspecified atom stereocenters. The number of anilines is 2. The molecule has 182 valence electrons. The number of nitrogens with one attached hydrogen (secondary N) is 2. The van der Waals surface area contributed by atoms with Gasteiger partial charge in [0.2, 0.25) is 0 Å². The summed E-state index contributed by atoms with van der Waals surface area (Å²) in [6.45, 7) is -3.86. The normalized spacial score (nSPS) is 12.6. The van der Waals surface area contributed by atoms with Crippen LogP contribution in [0.15, 0.2) is 30.3 Å². The minimum Gasteiger partial charge on any atom is -0.433 e. The Morgan fingerprint density at radius 1 is 1.03 bits per heavy atom. The van der Waals surface area contributed by atoms with Gasteiger partial charge in [0, 0.05) is 5.56 Å². The van der Waals surface area contributed by atoms with E-state index in [0.717, 1.165) is 18.2 Å². The number of hydrogen-bond acceptors (Lipinski definition) is 4. The van der Waals surface area contributed by atoms with Gasteiger partial charge >= 0.3 is 24.6 Å². The van der Waals surface area contributed by atoms with E-state index < -0.39 is 69.6 Å². The van der Waals surface area contributed by atoms with E-state index in [0.29, 0.717) is 0 Å². The van der Waals surface area contributed by atoms with Gasteiger partial charge in [-0.25, -0.2) is 8.78 Å². The third-order valence-electron chi connectivity index (χ3n) is 4.05. The van der Waals surface area contributed by atoms with Gasteiger partial charge in [0.1, 0.15) is 5.69 Å². The first kappa shape index (κ1) is 26.3. The average molecular weight is 515 g/mol. The van der Waals surface area contributed by atoms with Crippen LogP contribution in [0.1, 0.15) is 15.9 Å². The van der Waals surface area contributed by atoms with Gasteiger partial charge in [-0.1, -0.05) is 17.7 Å². The van der Waals surface area contributed by atoms with Crippen LogP contribution in [0.3, 0.4) is 0 Å². The molecule has 0 aliphatic rings. The molecule has 3 N–H and O–H groups in total. The van der Waals surface area contributed by atoms with Crippen LogP contribution in [0.4, 0.5) is 55.3 Å². The number of ether oxygens (including phenoxy) is 1. The van der Waals surface area contributed by atoms with Gasteiger partial charge in [-0.3, -0.25) is 15.5 Å². The summed E-state index contributed by atoms with van der Waals surface area (Å²) < 4.78 is 136. The molecule has 0 aliphatic carbocycles. The first-order valence-electron chi connectivity index (χ1n) is 8.15. The molecule has 2 aromatic rings. The summed E-state index contributed by atoms with van der Waals surface area (Å²) in [6.07, 6.45) is -13.2. The van der Waals surface area contributed by atoms with Crippen molar-refractivity contribution in [3.63, 3.8) is 0 Å². The highest BCUT2D eigenvalue weighted by Gasteiger charge is 2.73. The highest BCUT2D eigenvalue weighted by atomic mass is 35.5. The summed E-state index contributed by atoms with van der Waals surface area (Å²) in [5.74, 6) is -4.44. The van der Waals surface area contributed by atoms with Crippen molar-refractivity contribution in [3.8, 4) is 5.75 Å². The van der Waals surface area contributed by atoms with Crippen LogP contribution in [0.2, 0.25) is 5.02 Å². The van der Waals surface area contributed by atoms with Gasteiger partial charge in [-0.15, -0.1) is 0 Å². The van der Waals surface area contributed by atoms with E-state index in [1.807, 2.05) is 0 Å². The zero-order valence-corrected chi connectivity index (χ0v) is 16.1. The SMILES string of the molecule is O=C(Nc1c(Cl)cc(C(F)(C(F)(F)F)C(F)(F)F)cc1OC(F)F)c1cccc(NO)c1F. The lowest BCUT2D eigenvalue weighted by Gasteiger charge is -2.31. The molecule has 0 bridgehead atoms. The van der Waals surface area contributed by atoms with Crippen molar-refractivity contribution >= 4 is 28.9 Å². The molecule has 0 heterocycles. The Morgan fingerprint density at radius 2 is 1.61 bits per heavy atom. The van der Waals surface area contributed by atoms with E-state index in [1.54, 1.807) is 5.32 Å². The highest BCUT2D eigenvalue weighted by Crippen LogP contribution is 2.55. The summed E-state index contributed by atoms with van der Waals surface area (Å²) in [7, 11) is 0. The second kappa shape index (κ2) is 9.13. The average Bonchev–Trinajstić information content (AvgIpc) is 2.67. The van der Waals surface area contributed by atoms with Gasteiger partial charge < -0.3 is 10.1 Å². The highest BCUT2D eigenvalue weighted by molar-refractivity contribution is 6.34. The predicted molar refractivity (Wildman–Crippen MR) is 92.7 cm³/mol. The Kier molecular flexibility index (Phi) is 7.28. The van der Waals surface area contributed by atoms with Crippen LogP contribution in [-0.4, -0.2) is 30.1 Å². The van der Waals surface area contributed by atoms with Crippen molar-refractivity contribution < 1.29 is 58.6 Å². The van der Waals surface area contributed by atoms with Gasteiger partial charge in [0.15, 0.2) is 11.6 Å². The summed E-state index contributed by atoms with van der Waals surface area (Å²) in [5.41, 5.74) is -9.50. The standard InChI is InChI=1S/C17H9ClF10N2O3/c18-8-4-6(15(22,16(23,24)25)17(26,27)28)5-10(33-14(20)21)12(8)29-13(31)7-2-1-3-9(30-32)11(7)19/h1-5,14,30,32H,(H,29,31). The van der Waals surface area contributed by atoms with E-state index >= 15 is 0 Å². The number of rotatable bonds is 6. The Balaban J connectivity index is 2.65. The maximum Gasteiger partial charge on any atom is 0.435 e. The van der Waals surface area contributed by atoms with Crippen LogP contribution in [-0.2, 0) is 5.67 Å². The topological polar surface area (TPSA) is 70.6 Å². The molecule has 0 spiro atoms. The number of carbonyl (C=O) groups excluding carboxylic acids is 1. The lowest BCUT2D eigenvalue weighted by atomic mass is 9.93. The number of amides is 1. The number of carbonyl (C=O) groups is 1. The minimum atomic E-state index is -6.59. The molecular weight excluding hydrogens is 506 g/mol. The Morgan fingerprint density at radius 3 is 2.09 bits per heavy atom. The molecule has 0 aromatic heterocycles. The fourth-order valence-electron chi connectivity index (χ4n) is 2.55. The van der Waals surface area contributed by atoms with Gasteiger partial charge in [0.05, 0.1) is 16.3 Å². The van der Waals surface area contributed by atoms with Gasteiger partial charge in [0.25, 0.3) is 5.91 Å². The molecule has 33 heavy (non-hydrogen) atoms. The van der Waals surface area contributed by atoms with E-state index in [2.05, 4.69) is 4.74 Å². The summed E-state index contributed by atoms with van der Waals surface area (Å²) in [6, 6.07) is 2.24. The van der Waals surface area contributed by atoms with Gasteiger partial charge in [-0.05, 0) is 24.3 Å². The van der Waals surface area contributed by atoms with Gasteiger partial charge in [-0.2, -0.15) is 35.1 Å². The van der Waals surface area contributed by atoms with Crippen LogP contribution < -0.4 is 15.5 Å². The van der Waals surface area contributed by atoms with E-state index in [4.69, 9.17) is 16.8 Å². The number of halogens is 11. The zero-order chi connectivity index (χ0) is 25.4. The molecule has 0 fully saturated rings. The Labute approximate surface area is 181 Å². The summed E-state index contributed by atoms with van der Waals surface area (Å²) >= 11 is 5.57. The van der Waals surface area contributed by atoms with Crippen LogP contribution in [0, 0.1) is 5.82 Å². The van der Waals surface area contributed by atoms with Crippen molar-refractivity contribution in [2.24, 2.45) is 0 Å². The number of benzene rings is 2. The molecular formula is C17H9ClF10N2O3. The van der Waals surface area contributed by atoms with Crippen molar-refractivity contribution in [2.75, 3.05) is 10.8 Å². The maximum atomic E-state index is 14.3. The molecule has 0 saturated heterocycles. The molecule has 2 aromatic carbocycles. The van der Waals surface area contributed by atoms with E-state index in [-0.39, 0.29) is 12.1 Å². The summed E-state index contributed by atoms with van der Waals surface area (Å²) in [4.78, 5) is 12.3. The minimum absolute atomic E-state index is 0.210. The quantitative estimate of drug-likeness (QED) is 0.307. The number of alkyl halides is 9. The van der Waals surface area contributed by atoms with Crippen LogP contribution in [0.5, 0.6) is 5.75 Å². The fraction of sp³-hybridized carbons (Fsp3) is 0.235. The molecule has 0 saturated carbocycles. The zero-order valence-electron chi connectivity index (χ0n) is 15.4. The first-order chi connectivity index (χ1) is 15.0. The van der Waals surface area contributed by atoms with E-state index in [9.17, 15) is 48.7 Å². The Hall–Kier alpha value is -2.94. The van der Waals surface area contributed by atoms with Crippen LogP contribution in [0.25, 0.3) is 0 Å². The third kappa shape index (κ3) is 5.03. The second-order valence-electron chi connectivity index (χ2n) is 6.10.